The van der Waals surface area contributed by atoms with Gasteiger partial charge in [0.1, 0.15) is 5.82 Å². The third-order valence-electron chi connectivity index (χ3n) is 3.79. The van der Waals surface area contributed by atoms with Gasteiger partial charge in [-0.05, 0) is 41.3 Å². The van der Waals surface area contributed by atoms with Gasteiger partial charge in [0.25, 0.3) is 0 Å². The maximum absolute atomic E-state index is 14.0. The van der Waals surface area contributed by atoms with Crippen molar-refractivity contribution in [3.8, 4) is 0 Å². The molecule has 0 spiro atoms. The summed E-state index contributed by atoms with van der Waals surface area (Å²) in [5, 5.41) is 11.6. The van der Waals surface area contributed by atoms with Crippen LogP contribution >= 0.6 is 0 Å². The fourth-order valence-electron chi connectivity index (χ4n) is 2.91. The Morgan fingerprint density at radius 2 is 1.88 bits per heavy atom. The number of rotatable bonds is 0. The van der Waals surface area contributed by atoms with Gasteiger partial charge in [0.2, 0.25) is 0 Å². The average Bonchev–Trinajstić information content (AvgIpc) is 2.34. The van der Waals surface area contributed by atoms with Gasteiger partial charge in [0.15, 0.2) is 0 Å². The molecule has 1 nitrogen and oxygen atoms in total. The minimum atomic E-state index is -0.514. The van der Waals surface area contributed by atoms with Crippen LogP contribution in [0.25, 0.3) is 10.8 Å². The lowest BCUT2D eigenvalue weighted by Gasteiger charge is -2.28. The van der Waals surface area contributed by atoms with E-state index >= 15 is 0 Å². The van der Waals surface area contributed by atoms with E-state index < -0.39 is 6.10 Å². The molecule has 2 heteroatoms. The molecule has 0 bridgehead atoms. The second-order valence-electron chi connectivity index (χ2n) is 4.90. The van der Waals surface area contributed by atoms with Crippen LogP contribution in [0.5, 0.6) is 0 Å². The van der Waals surface area contributed by atoms with Crippen molar-refractivity contribution in [2.45, 2.75) is 31.8 Å². The Labute approximate surface area is 99.9 Å². The molecular weight excluding hydrogens is 215 g/mol. The SMILES string of the molecule is CC1CC[C@@H](O)c2cc(F)c3ccccc3c21. The van der Waals surface area contributed by atoms with Crippen molar-refractivity contribution in [3.05, 3.63) is 47.3 Å². The van der Waals surface area contributed by atoms with E-state index in [-0.39, 0.29) is 5.82 Å². The Morgan fingerprint density at radius 3 is 2.65 bits per heavy atom. The molecule has 0 saturated heterocycles. The third kappa shape index (κ3) is 1.55. The zero-order chi connectivity index (χ0) is 12.0. The van der Waals surface area contributed by atoms with Crippen LogP contribution in [0, 0.1) is 5.82 Å². The van der Waals surface area contributed by atoms with Crippen LogP contribution in [0.3, 0.4) is 0 Å². The predicted octanol–water partition coefficient (Wildman–Crippen LogP) is 3.91. The van der Waals surface area contributed by atoms with Crippen LogP contribution in [-0.4, -0.2) is 5.11 Å². The van der Waals surface area contributed by atoms with E-state index in [1.54, 1.807) is 6.07 Å². The van der Waals surface area contributed by atoms with Crippen LogP contribution in [0.4, 0.5) is 4.39 Å². The highest BCUT2D eigenvalue weighted by Gasteiger charge is 2.26. The molecule has 88 valence electrons. The van der Waals surface area contributed by atoms with Crippen molar-refractivity contribution >= 4 is 10.8 Å². The lowest BCUT2D eigenvalue weighted by atomic mass is 9.79. The molecule has 2 aromatic rings. The molecule has 3 rings (SSSR count). The number of benzene rings is 2. The number of halogens is 1. The fraction of sp³-hybridized carbons (Fsp3) is 0.333. The normalized spacial score (nSPS) is 23.7. The van der Waals surface area contributed by atoms with Gasteiger partial charge in [-0.25, -0.2) is 4.39 Å². The first-order valence-electron chi connectivity index (χ1n) is 6.07. The van der Waals surface area contributed by atoms with Crippen LogP contribution in [-0.2, 0) is 0 Å². The number of aliphatic hydroxyl groups is 1. The highest BCUT2D eigenvalue weighted by atomic mass is 19.1. The largest absolute Gasteiger partial charge is 0.388 e. The minimum Gasteiger partial charge on any atom is -0.388 e. The maximum atomic E-state index is 14.0. The first-order chi connectivity index (χ1) is 8.18. The van der Waals surface area contributed by atoms with Gasteiger partial charge < -0.3 is 5.11 Å². The van der Waals surface area contributed by atoms with Crippen molar-refractivity contribution in [2.75, 3.05) is 0 Å². The molecule has 0 heterocycles. The lowest BCUT2D eigenvalue weighted by Crippen LogP contribution is -2.13. The van der Waals surface area contributed by atoms with E-state index in [0.717, 1.165) is 29.4 Å². The Hall–Kier alpha value is -1.41. The number of hydrogen-bond acceptors (Lipinski definition) is 1. The molecule has 1 aliphatic rings. The third-order valence-corrected chi connectivity index (χ3v) is 3.79. The number of hydrogen-bond donors (Lipinski definition) is 1. The summed E-state index contributed by atoms with van der Waals surface area (Å²) in [6.45, 7) is 2.15. The highest BCUT2D eigenvalue weighted by Crippen LogP contribution is 2.41. The van der Waals surface area contributed by atoms with Gasteiger partial charge in [-0.15, -0.1) is 0 Å². The molecule has 2 aromatic carbocycles. The monoisotopic (exact) mass is 230 g/mol. The van der Waals surface area contributed by atoms with Gasteiger partial charge in [-0.2, -0.15) is 0 Å². The van der Waals surface area contributed by atoms with Gasteiger partial charge >= 0.3 is 0 Å². The molecule has 0 aliphatic heterocycles. The number of aliphatic hydroxyl groups excluding tert-OH is 1. The van der Waals surface area contributed by atoms with Gasteiger partial charge in [0, 0.05) is 5.39 Å². The smallest absolute Gasteiger partial charge is 0.131 e. The molecule has 0 radical (unpaired) electrons. The molecule has 2 atom stereocenters. The van der Waals surface area contributed by atoms with Crippen molar-refractivity contribution < 1.29 is 9.50 Å². The second-order valence-corrected chi connectivity index (χ2v) is 4.90. The molecule has 1 aliphatic carbocycles. The average molecular weight is 230 g/mol. The van der Waals surface area contributed by atoms with E-state index in [4.69, 9.17) is 0 Å². The predicted molar refractivity (Wildman–Crippen MR) is 66.5 cm³/mol. The summed E-state index contributed by atoms with van der Waals surface area (Å²) in [7, 11) is 0. The first kappa shape index (κ1) is 10.7. The first-order valence-corrected chi connectivity index (χ1v) is 6.07. The molecule has 0 aromatic heterocycles. The fourth-order valence-corrected chi connectivity index (χ4v) is 2.91. The summed E-state index contributed by atoms with van der Waals surface area (Å²) >= 11 is 0. The van der Waals surface area contributed by atoms with E-state index in [0.29, 0.717) is 11.3 Å². The number of fused-ring (bicyclic) bond motifs is 3. The molecular formula is C15H15FO. The Kier molecular flexibility index (Phi) is 2.40. The van der Waals surface area contributed by atoms with E-state index in [9.17, 15) is 9.50 Å². The van der Waals surface area contributed by atoms with Gasteiger partial charge in [-0.3, -0.25) is 0 Å². The summed E-state index contributed by atoms with van der Waals surface area (Å²) in [4.78, 5) is 0. The quantitative estimate of drug-likeness (QED) is 0.727. The Balaban J connectivity index is 2.41. The maximum Gasteiger partial charge on any atom is 0.131 e. The van der Waals surface area contributed by atoms with Gasteiger partial charge in [0.05, 0.1) is 6.10 Å². The standard InChI is InChI=1S/C15H15FO/c1-9-6-7-14(17)12-8-13(16)10-4-2-3-5-11(10)15(9)12/h2-5,8-9,14,17H,6-7H2,1H3/t9?,14-/m1/s1. The summed E-state index contributed by atoms with van der Waals surface area (Å²) in [6.07, 6.45) is 1.18. The molecule has 0 fully saturated rings. The summed E-state index contributed by atoms with van der Waals surface area (Å²) in [5.41, 5.74) is 1.90. The van der Waals surface area contributed by atoms with Crippen molar-refractivity contribution in [1.82, 2.24) is 0 Å². The highest BCUT2D eigenvalue weighted by molar-refractivity contribution is 5.88. The topological polar surface area (TPSA) is 20.2 Å². The van der Waals surface area contributed by atoms with E-state index in [2.05, 4.69) is 6.92 Å². The molecule has 0 amide bonds. The molecule has 1 unspecified atom stereocenters. The zero-order valence-corrected chi connectivity index (χ0v) is 9.78. The lowest BCUT2D eigenvalue weighted by molar-refractivity contribution is 0.151. The zero-order valence-electron chi connectivity index (χ0n) is 9.78. The van der Waals surface area contributed by atoms with Crippen molar-refractivity contribution in [1.29, 1.82) is 0 Å². The summed E-state index contributed by atoms with van der Waals surface area (Å²) in [5.74, 6) is 0.159. The van der Waals surface area contributed by atoms with Crippen LogP contribution in [0.15, 0.2) is 30.3 Å². The molecule has 0 saturated carbocycles. The van der Waals surface area contributed by atoms with Crippen molar-refractivity contribution in [3.63, 3.8) is 0 Å². The Bertz CT molecular complexity index is 576. The Morgan fingerprint density at radius 1 is 1.18 bits per heavy atom. The van der Waals surface area contributed by atoms with Crippen LogP contribution in [0.2, 0.25) is 0 Å². The van der Waals surface area contributed by atoms with Gasteiger partial charge in [-0.1, -0.05) is 31.2 Å². The van der Waals surface area contributed by atoms with E-state index in [1.165, 1.54) is 6.07 Å². The second kappa shape index (κ2) is 3.81. The van der Waals surface area contributed by atoms with Crippen molar-refractivity contribution in [2.24, 2.45) is 0 Å². The van der Waals surface area contributed by atoms with Crippen LogP contribution in [0.1, 0.15) is 42.9 Å². The summed E-state index contributed by atoms with van der Waals surface area (Å²) in [6, 6.07) is 9.04. The van der Waals surface area contributed by atoms with E-state index in [1.807, 2.05) is 18.2 Å². The summed E-state index contributed by atoms with van der Waals surface area (Å²) < 4.78 is 14.0. The van der Waals surface area contributed by atoms with Crippen LogP contribution < -0.4 is 0 Å². The minimum absolute atomic E-state index is 0.229. The molecule has 1 N–H and O–H groups in total. The molecule has 17 heavy (non-hydrogen) atoms.